The number of halogens is 1. The van der Waals surface area contributed by atoms with E-state index in [0.717, 1.165) is 5.56 Å². The fourth-order valence-corrected chi connectivity index (χ4v) is 2.64. The highest BCUT2D eigenvalue weighted by molar-refractivity contribution is 6.11. The maximum absolute atomic E-state index is 13.1. The molecule has 0 fully saturated rings. The molecule has 0 saturated heterocycles. The quantitative estimate of drug-likeness (QED) is 0.445. The Morgan fingerprint density at radius 1 is 0.692 bits per heavy atom. The Labute approximate surface area is 151 Å². The molecule has 0 unspecified atom stereocenters. The van der Waals surface area contributed by atoms with Crippen LogP contribution in [0.3, 0.4) is 0 Å². The molecule has 0 spiro atoms. The summed E-state index contributed by atoms with van der Waals surface area (Å²) in [7, 11) is 0. The molecule has 128 valence electrons. The Balaban J connectivity index is 1.92. The van der Waals surface area contributed by atoms with Crippen molar-refractivity contribution in [1.82, 2.24) is 0 Å². The van der Waals surface area contributed by atoms with Crippen molar-refractivity contribution in [2.24, 2.45) is 0 Å². The lowest BCUT2D eigenvalue weighted by molar-refractivity contribution is 0.0998. The molecule has 3 aromatic rings. The predicted octanol–water partition coefficient (Wildman–Crippen LogP) is 5.37. The minimum absolute atomic E-state index is 0.0624. The number of carbonyl (C=O) groups is 2. The standard InChI is InChI=1S/C23H17FO2/c24-21-13-11-19(12-14-21)23(26)16-20(17-7-3-1-4-8-17)15-22(25)18-9-5-2-6-10-18/h1-14,16H,15H2/b20-16+. The Kier molecular flexibility index (Phi) is 5.49. The van der Waals surface area contributed by atoms with Crippen molar-refractivity contribution in [1.29, 1.82) is 0 Å². The summed E-state index contributed by atoms with van der Waals surface area (Å²) in [6.45, 7) is 0. The Morgan fingerprint density at radius 3 is 1.81 bits per heavy atom. The first kappa shape index (κ1) is 17.5. The monoisotopic (exact) mass is 344 g/mol. The maximum atomic E-state index is 13.1. The number of hydrogen-bond acceptors (Lipinski definition) is 2. The molecule has 0 aliphatic carbocycles. The summed E-state index contributed by atoms with van der Waals surface area (Å²) in [6, 6.07) is 23.7. The first-order chi connectivity index (χ1) is 12.6. The van der Waals surface area contributed by atoms with Gasteiger partial charge in [-0.2, -0.15) is 0 Å². The normalized spacial score (nSPS) is 11.2. The van der Waals surface area contributed by atoms with Gasteiger partial charge in [0.05, 0.1) is 0 Å². The van der Waals surface area contributed by atoms with E-state index in [2.05, 4.69) is 0 Å². The van der Waals surface area contributed by atoms with Gasteiger partial charge in [-0.3, -0.25) is 9.59 Å². The van der Waals surface area contributed by atoms with Crippen LogP contribution in [0.15, 0.2) is 91.0 Å². The topological polar surface area (TPSA) is 34.1 Å². The van der Waals surface area contributed by atoms with Crippen molar-refractivity contribution in [2.75, 3.05) is 0 Å². The summed E-state index contributed by atoms with van der Waals surface area (Å²) < 4.78 is 13.1. The van der Waals surface area contributed by atoms with Gasteiger partial charge in [0.15, 0.2) is 11.6 Å². The Morgan fingerprint density at radius 2 is 1.23 bits per heavy atom. The summed E-state index contributed by atoms with van der Waals surface area (Å²) in [4.78, 5) is 25.1. The molecule has 0 bridgehead atoms. The van der Waals surface area contributed by atoms with E-state index in [1.54, 1.807) is 12.1 Å². The molecule has 0 radical (unpaired) electrons. The molecule has 0 aromatic heterocycles. The zero-order valence-electron chi connectivity index (χ0n) is 14.1. The van der Waals surface area contributed by atoms with Gasteiger partial charge in [-0.25, -0.2) is 4.39 Å². The van der Waals surface area contributed by atoms with Gasteiger partial charge in [-0.1, -0.05) is 60.7 Å². The lowest BCUT2D eigenvalue weighted by Gasteiger charge is -2.08. The highest BCUT2D eigenvalue weighted by Crippen LogP contribution is 2.22. The molecule has 3 rings (SSSR count). The van der Waals surface area contributed by atoms with Crippen LogP contribution < -0.4 is 0 Å². The Bertz CT molecular complexity index is 927. The van der Waals surface area contributed by atoms with Gasteiger partial charge in [0, 0.05) is 17.5 Å². The minimum Gasteiger partial charge on any atom is -0.294 e. The van der Waals surface area contributed by atoms with Gasteiger partial charge in [0.1, 0.15) is 5.82 Å². The van der Waals surface area contributed by atoms with E-state index in [4.69, 9.17) is 0 Å². The molecular weight excluding hydrogens is 327 g/mol. The second-order valence-electron chi connectivity index (χ2n) is 5.87. The van der Waals surface area contributed by atoms with Gasteiger partial charge in [0.2, 0.25) is 0 Å². The maximum Gasteiger partial charge on any atom is 0.186 e. The van der Waals surface area contributed by atoms with E-state index >= 15 is 0 Å². The van der Waals surface area contributed by atoms with Crippen LogP contribution in [-0.2, 0) is 0 Å². The van der Waals surface area contributed by atoms with Crippen LogP contribution in [0.4, 0.5) is 4.39 Å². The molecule has 0 heterocycles. The summed E-state index contributed by atoms with van der Waals surface area (Å²) in [6.07, 6.45) is 1.57. The van der Waals surface area contributed by atoms with Gasteiger partial charge in [-0.05, 0) is 41.5 Å². The van der Waals surface area contributed by atoms with E-state index < -0.39 is 5.82 Å². The van der Waals surface area contributed by atoms with Crippen molar-refractivity contribution in [3.05, 3.63) is 114 Å². The molecule has 0 N–H and O–H groups in total. The number of hydrogen-bond donors (Lipinski definition) is 0. The fourth-order valence-electron chi connectivity index (χ4n) is 2.64. The summed E-state index contributed by atoms with van der Waals surface area (Å²) in [5, 5.41) is 0. The van der Waals surface area contributed by atoms with Gasteiger partial charge in [-0.15, -0.1) is 0 Å². The van der Waals surface area contributed by atoms with Crippen LogP contribution in [0.5, 0.6) is 0 Å². The van der Waals surface area contributed by atoms with E-state index in [-0.39, 0.29) is 18.0 Å². The number of allylic oxidation sites excluding steroid dienone is 2. The van der Waals surface area contributed by atoms with Crippen molar-refractivity contribution >= 4 is 17.1 Å². The third-order valence-electron chi connectivity index (χ3n) is 4.03. The summed E-state index contributed by atoms with van der Waals surface area (Å²) in [5.41, 5.74) is 2.43. The predicted molar refractivity (Wildman–Crippen MR) is 101 cm³/mol. The summed E-state index contributed by atoms with van der Waals surface area (Å²) in [5.74, 6) is -0.717. The second-order valence-corrected chi connectivity index (χ2v) is 5.87. The van der Waals surface area contributed by atoms with Gasteiger partial charge < -0.3 is 0 Å². The molecule has 0 aliphatic rings. The second kappa shape index (κ2) is 8.17. The smallest absolute Gasteiger partial charge is 0.186 e. The SMILES string of the molecule is O=C(/C=C(\CC(=O)c1ccccc1)c1ccccc1)c1ccc(F)cc1. The van der Waals surface area contributed by atoms with Crippen molar-refractivity contribution in [3.8, 4) is 0 Å². The van der Waals surface area contributed by atoms with Gasteiger partial charge in [0.25, 0.3) is 0 Å². The number of Topliss-reactive ketones (excluding diaryl/α,β-unsaturated/α-hetero) is 1. The first-order valence-electron chi connectivity index (χ1n) is 8.27. The average Bonchev–Trinajstić information content (AvgIpc) is 2.69. The molecule has 26 heavy (non-hydrogen) atoms. The lowest BCUT2D eigenvalue weighted by Crippen LogP contribution is -2.03. The third-order valence-corrected chi connectivity index (χ3v) is 4.03. The van der Waals surface area contributed by atoms with Crippen molar-refractivity contribution in [3.63, 3.8) is 0 Å². The van der Waals surface area contributed by atoms with Crippen LogP contribution in [0.25, 0.3) is 5.57 Å². The summed E-state index contributed by atoms with van der Waals surface area (Å²) >= 11 is 0. The zero-order chi connectivity index (χ0) is 18.4. The third kappa shape index (κ3) is 4.39. The van der Waals surface area contributed by atoms with E-state index in [0.29, 0.717) is 16.7 Å². The molecule has 3 aromatic carbocycles. The zero-order valence-corrected chi connectivity index (χ0v) is 14.1. The highest BCUT2D eigenvalue weighted by atomic mass is 19.1. The largest absolute Gasteiger partial charge is 0.294 e. The van der Waals surface area contributed by atoms with Crippen molar-refractivity contribution < 1.29 is 14.0 Å². The van der Waals surface area contributed by atoms with Gasteiger partial charge >= 0.3 is 0 Å². The van der Waals surface area contributed by atoms with Crippen LogP contribution in [0, 0.1) is 5.82 Å². The first-order valence-corrected chi connectivity index (χ1v) is 8.27. The Hall–Kier alpha value is -3.33. The van der Waals surface area contributed by atoms with Crippen LogP contribution >= 0.6 is 0 Å². The molecule has 0 amide bonds. The fraction of sp³-hybridized carbons (Fsp3) is 0.0435. The van der Waals surface area contributed by atoms with Crippen molar-refractivity contribution in [2.45, 2.75) is 6.42 Å². The van der Waals surface area contributed by atoms with E-state index in [1.165, 1.54) is 30.3 Å². The van der Waals surface area contributed by atoms with E-state index in [1.807, 2.05) is 48.5 Å². The molecule has 3 heteroatoms. The number of carbonyl (C=O) groups excluding carboxylic acids is 2. The molecular formula is C23H17FO2. The number of benzene rings is 3. The molecule has 0 saturated carbocycles. The molecule has 0 aliphatic heterocycles. The molecule has 0 atom stereocenters. The number of ketones is 2. The number of rotatable bonds is 6. The van der Waals surface area contributed by atoms with Crippen LogP contribution in [0.2, 0.25) is 0 Å². The minimum atomic E-state index is -0.395. The van der Waals surface area contributed by atoms with E-state index in [9.17, 15) is 14.0 Å². The molecule has 2 nitrogen and oxygen atoms in total. The highest BCUT2D eigenvalue weighted by Gasteiger charge is 2.13. The average molecular weight is 344 g/mol. The van der Waals surface area contributed by atoms with Crippen LogP contribution in [-0.4, -0.2) is 11.6 Å². The van der Waals surface area contributed by atoms with Crippen LogP contribution in [0.1, 0.15) is 32.7 Å². The lowest BCUT2D eigenvalue weighted by atomic mass is 9.95.